The van der Waals surface area contributed by atoms with E-state index in [-0.39, 0.29) is 5.78 Å². The number of hydrogen-bond acceptors (Lipinski definition) is 8. The molecule has 29 heavy (non-hydrogen) atoms. The lowest BCUT2D eigenvalue weighted by Crippen LogP contribution is -2.15. The molecule has 0 atom stereocenters. The zero-order chi connectivity index (χ0) is 21.7. The number of fused-ring (bicyclic) bond motifs is 1. The highest BCUT2D eigenvalue weighted by atomic mass is 32.1. The molecule has 0 unspecified atom stereocenters. The van der Waals surface area contributed by atoms with Gasteiger partial charge in [0, 0.05) is 18.2 Å². The van der Waals surface area contributed by atoms with Gasteiger partial charge in [-0.15, -0.1) is 11.3 Å². The average molecular weight is 419 g/mol. The molecule has 3 aromatic heterocycles. The van der Waals surface area contributed by atoms with Gasteiger partial charge in [0.2, 0.25) is 5.78 Å². The van der Waals surface area contributed by atoms with Gasteiger partial charge in [0.25, 0.3) is 0 Å². The lowest BCUT2D eigenvalue weighted by Gasteiger charge is -2.08. The van der Waals surface area contributed by atoms with Crippen molar-refractivity contribution < 1.29 is 29.0 Å². The molecule has 3 rings (SSSR count). The molecule has 0 amide bonds. The van der Waals surface area contributed by atoms with Gasteiger partial charge >= 0.3 is 11.9 Å². The van der Waals surface area contributed by atoms with Crippen LogP contribution in [0.25, 0.3) is 11.1 Å². The Kier molecular flexibility index (Phi) is 7.08. The van der Waals surface area contributed by atoms with Crippen LogP contribution in [0.3, 0.4) is 0 Å². The molecule has 0 spiro atoms. The Morgan fingerprint density at radius 1 is 1.24 bits per heavy atom. The van der Waals surface area contributed by atoms with Crippen LogP contribution >= 0.6 is 11.3 Å². The predicted octanol–water partition coefficient (Wildman–Crippen LogP) is 2.27. The maximum Gasteiger partial charge on any atom is 0.414 e. The second-order valence-electron chi connectivity index (χ2n) is 6.38. The van der Waals surface area contributed by atoms with Crippen LogP contribution < -0.4 is 5.73 Å². The number of likely N-dealkylation sites (N-methyl/N-ethyl adjacent to an activating group) is 1. The van der Waals surface area contributed by atoms with E-state index in [1.165, 1.54) is 11.3 Å². The fraction of sp³-hybridized carbons (Fsp3) is 0.263. The summed E-state index contributed by atoms with van der Waals surface area (Å²) in [5, 5.41) is 16.6. The van der Waals surface area contributed by atoms with Crippen LogP contribution in [-0.4, -0.2) is 58.5 Å². The Balaban J connectivity index is 0.000000438. The third kappa shape index (κ3) is 5.39. The van der Waals surface area contributed by atoms with E-state index in [1.807, 2.05) is 32.5 Å². The van der Waals surface area contributed by atoms with E-state index < -0.39 is 11.9 Å². The number of pyridine rings is 1. The Bertz CT molecular complexity index is 1030. The maximum atomic E-state index is 12.6. The summed E-state index contributed by atoms with van der Waals surface area (Å²) in [6.07, 6.45) is 0.815. The first-order valence-corrected chi connectivity index (χ1v) is 9.37. The second-order valence-corrected chi connectivity index (χ2v) is 7.33. The van der Waals surface area contributed by atoms with Gasteiger partial charge in [-0.2, -0.15) is 0 Å². The molecule has 0 radical (unpaired) electrons. The number of anilines is 1. The van der Waals surface area contributed by atoms with E-state index in [0.717, 1.165) is 29.8 Å². The number of carbonyl (C=O) groups excluding carboxylic acids is 1. The molecule has 154 valence electrons. The molecule has 0 saturated carbocycles. The number of rotatable bonds is 5. The van der Waals surface area contributed by atoms with Crippen molar-refractivity contribution in [3.63, 3.8) is 0 Å². The number of aromatic nitrogens is 1. The molecule has 0 saturated heterocycles. The van der Waals surface area contributed by atoms with Crippen molar-refractivity contribution in [3.05, 3.63) is 45.5 Å². The number of nitrogens with zero attached hydrogens (tertiary/aromatic N) is 2. The van der Waals surface area contributed by atoms with Crippen molar-refractivity contribution in [1.82, 2.24) is 9.88 Å². The van der Waals surface area contributed by atoms with Crippen LogP contribution in [0.2, 0.25) is 0 Å². The number of nitrogen functional groups attached to an aromatic ring is 1. The standard InChI is InChI=1S/C17H19N3O2S.C2H2O4/c1-10-11(6-7-20(2)3)15-13(22-10)9-12(18)16(19-15)17(21)14-5-4-8-23-14;3-1(4)2(5)6/h4-5,8-9H,6-7,18H2,1-3H3;(H,3,4)(H,5,6). The first-order valence-electron chi connectivity index (χ1n) is 8.49. The molecule has 0 aliphatic carbocycles. The minimum Gasteiger partial charge on any atom is -0.473 e. The van der Waals surface area contributed by atoms with Crippen molar-refractivity contribution in [2.45, 2.75) is 13.3 Å². The first-order chi connectivity index (χ1) is 13.6. The van der Waals surface area contributed by atoms with Crippen molar-refractivity contribution in [2.24, 2.45) is 0 Å². The van der Waals surface area contributed by atoms with Gasteiger partial charge in [0.05, 0.1) is 10.6 Å². The summed E-state index contributed by atoms with van der Waals surface area (Å²) in [7, 11) is 4.05. The number of carboxylic acids is 2. The summed E-state index contributed by atoms with van der Waals surface area (Å²) >= 11 is 1.39. The van der Waals surface area contributed by atoms with Crippen LogP contribution in [-0.2, 0) is 16.0 Å². The molecule has 0 fully saturated rings. The minimum absolute atomic E-state index is 0.142. The largest absolute Gasteiger partial charge is 0.473 e. The SMILES string of the molecule is Cc1oc2cc(N)c(C(=O)c3cccs3)nc2c1CCN(C)C.O=C(O)C(=O)O. The van der Waals surface area contributed by atoms with E-state index in [9.17, 15) is 4.79 Å². The molecular formula is C19H21N3O6S. The smallest absolute Gasteiger partial charge is 0.414 e. The third-order valence-electron chi connectivity index (χ3n) is 3.94. The molecular weight excluding hydrogens is 398 g/mol. The molecule has 3 heterocycles. The van der Waals surface area contributed by atoms with E-state index in [2.05, 4.69) is 9.88 Å². The quantitative estimate of drug-likeness (QED) is 0.418. The van der Waals surface area contributed by atoms with Gasteiger partial charge in [0.15, 0.2) is 5.58 Å². The first kappa shape index (κ1) is 22.1. The molecule has 9 nitrogen and oxygen atoms in total. The lowest BCUT2D eigenvalue weighted by atomic mass is 10.1. The lowest BCUT2D eigenvalue weighted by molar-refractivity contribution is -0.159. The number of aryl methyl sites for hydroxylation is 1. The van der Waals surface area contributed by atoms with Crippen LogP contribution in [0, 0.1) is 6.92 Å². The molecule has 0 aliphatic rings. The third-order valence-corrected chi connectivity index (χ3v) is 4.81. The Morgan fingerprint density at radius 3 is 2.41 bits per heavy atom. The van der Waals surface area contributed by atoms with Crippen molar-refractivity contribution in [2.75, 3.05) is 26.4 Å². The second kappa shape index (κ2) is 9.30. The van der Waals surface area contributed by atoms with Gasteiger partial charge in [-0.3, -0.25) is 4.79 Å². The van der Waals surface area contributed by atoms with Crippen LogP contribution in [0.15, 0.2) is 28.0 Å². The number of furan rings is 1. The number of ketones is 1. The number of aliphatic carboxylic acids is 2. The van der Waals surface area contributed by atoms with Gasteiger partial charge in [-0.1, -0.05) is 6.07 Å². The number of thiophene rings is 1. The van der Waals surface area contributed by atoms with Crippen LogP contribution in [0.5, 0.6) is 0 Å². The normalized spacial score (nSPS) is 10.6. The van der Waals surface area contributed by atoms with Gasteiger partial charge in [-0.25, -0.2) is 14.6 Å². The summed E-state index contributed by atoms with van der Waals surface area (Å²) in [6, 6.07) is 5.33. The molecule has 0 aromatic carbocycles. The van der Waals surface area contributed by atoms with Gasteiger partial charge in [0.1, 0.15) is 17.0 Å². The maximum absolute atomic E-state index is 12.6. The molecule has 10 heteroatoms. The topological polar surface area (TPSA) is 147 Å². The fourth-order valence-electron chi connectivity index (χ4n) is 2.53. The Hall–Kier alpha value is -3.24. The summed E-state index contributed by atoms with van der Waals surface area (Å²) in [5.41, 5.74) is 9.08. The predicted molar refractivity (Wildman–Crippen MR) is 108 cm³/mol. The zero-order valence-corrected chi connectivity index (χ0v) is 16.9. The Morgan fingerprint density at radius 2 is 1.90 bits per heavy atom. The summed E-state index contributed by atoms with van der Waals surface area (Å²) in [5.74, 6) is -2.96. The molecule has 3 aromatic rings. The van der Waals surface area contributed by atoms with E-state index in [4.69, 9.17) is 30.0 Å². The van der Waals surface area contributed by atoms with E-state index in [1.54, 1.807) is 12.1 Å². The fourth-order valence-corrected chi connectivity index (χ4v) is 3.20. The average Bonchev–Trinajstić information content (AvgIpc) is 3.26. The Labute approximate surface area is 170 Å². The van der Waals surface area contributed by atoms with E-state index >= 15 is 0 Å². The monoisotopic (exact) mass is 419 g/mol. The molecule has 0 bridgehead atoms. The molecule has 0 aliphatic heterocycles. The van der Waals surface area contributed by atoms with Crippen molar-refractivity contribution >= 4 is 45.8 Å². The number of nitrogens with two attached hydrogens (primary N) is 1. The highest BCUT2D eigenvalue weighted by molar-refractivity contribution is 7.12. The van der Waals surface area contributed by atoms with Gasteiger partial charge < -0.3 is 25.3 Å². The minimum atomic E-state index is -1.82. The highest BCUT2D eigenvalue weighted by Gasteiger charge is 2.20. The van der Waals surface area contributed by atoms with E-state index in [0.29, 0.717) is 21.8 Å². The molecule has 4 N–H and O–H groups in total. The highest BCUT2D eigenvalue weighted by Crippen LogP contribution is 2.29. The van der Waals surface area contributed by atoms with Crippen molar-refractivity contribution in [3.8, 4) is 0 Å². The van der Waals surface area contributed by atoms with Gasteiger partial charge in [-0.05, 0) is 38.9 Å². The number of hydrogen-bond donors (Lipinski definition) is 3. The zero-order valence-electron chi connectivity index (χ0n) is 16.1. The summed E-state index contributed by atoms with van der Waals surface area (Å²) < 4.78 is 5.77. The van der Waals surface area contributed by atoms with Crippen LogP contribution in [0.1, 0.15) is 26.7 Å². The summed E-state index contributed by atoms with van der Waals surface area (Å²) in [4.78, 5) is 38.1. The van der Waals surface area contributed by atoms with Crippen molar-refractivity contribution in [1.29, 1.82) is 0 Å². The number of carboxylic acid groups (broad SMARTS) is 2. The number of carbonyl (C=O) groups is 3. The van der Waals surface area contributed by atoms with Crippen LogP contribution in [0.4, 0.5) is 5.69 Å². The summed E-state index contributed by atoms with van der Waals surface area (Å²) in [6.45, 7) is 2.80.